The summed E-state index contributed by atoms with van der Waals surface area (Å²) in [6, 6.07) is 13.5. The molecule has 0 amide bonds. The van der Waals surface area contributed by atoms with Gasteiger partial charge in [0, 0.05) is 49.8 Å². The van der Waals surface area contributed by atoms with E-state index in [-0.39, 0.29) is 33.8 Å². The lowest BCUT2D eigenvalue weighted by atomic mass is 10.1. The molecule has 0 saturated heterocycles. The number of ether oxygens (including phenoxy) is 7. The molecule has 0 fully saturated rings. The van der Waals surface area contributed by atoms with Crippen molar-refractivity contribution in [1.29, 1.82) is 0 Å². The number of carbonyl (C=O) groups is 4. The zero-order valence-corrected chi connectivity index (χ0v) is 41.9. The average molecular weight is 1000 g/mol. The second-order valence-electron chi connectivity index (χ2n) is 13.7. The van der Waals surface area contributed by atoms with Crippen LogP contribution < -0.4 is 41.5 Å². The van der Waals surface area contributed by atoms with Gasteiger partial charge in [-0.1, -0.05) is 11.6 Å². The Balaban J connectivity index is 0.000000318. The van der Waals surface area contributed by atoms with Gasteiger partial charge in [0.25, 0.3) is 0 Å². The third-order valence-electron chi connectivity index (χ3n) is 8.65. The third-order valence-corrected chi connectivity index (χ3v) is 8.85. The topological polar surface area (TPSA) is 326 Å². The number of nitrogens with two attached hydrogens (primary N) is 3. The van der Waals surface area contributed by atoms with Crippen LogP contribution in [0.25, 0.3) is 0 Å². The van der Waals surface area contributed by atoms with E-state index in [1.165, 1.54) is 50.4 Å². The molecule has 380 valence electrons. The number of Topliss-reactive ketones (excluding diaryl/α,β-unsaturated/α-hetero) is 1. The van der Waals surface area contributed by atoms with Crippen LogP contribution in [0, 0.1) is 13.8 Å². The molecule has 0 aliphatic carbocycles. The third kappa shape index (κ3) is 20.4. The molecule has 6 aromatic rings. The Morgan fingerprint density at radius 3 is 1.25 bits per heavy atom. The first-order valence-corrected chi connectivity index (χ1v) is 21.7. The van der Waals surface area contributed by atoms with Crippen molar-refractivity contribution in [3.05, 3.63) is 124 Å². The van der Waals surface area contributed by atoms with Crippen molar-refractivity contribution < 1.29 is 52.3 Å². The van der Waals surface area contributed by atoms with Gasteiger partial charge in [0.15, 0.2) is 22.9 Å². The zero-order chi connectivity index (χ0) is 52.9. The maximum absolute atomic E-state index is 11.7. The second kappa shape index (κ2) is 31.7. The Bertz CT molecular complexity index is 2550. The number of nitrogen functional groups attached to an aromatic ring is 2. The molecular formula is C47H59ClN12O11. The number of carbonyl (C=O) groups excluding carboxylic acids is 4. The van der Waals surface area contributed by atoms with Crippen molar-refractivity contribution in [1.82, 2.24) is 39.9 Å². The summed E-state index contributed by atoms with van der Waals surface area (Å²) in [7, 11) is 6.49. The number of esters is 3. The lowest BCUT2D eigenvalue weighted by Crippen LogP contribution is -2.10. The summed E-state index contributed by atoms with van der Waals surface area (Å²) < 4.78 is 35.6. The Morgan fingerprint density at radius 1 is 0.521 bits per heavy atom. The number of anilines is 3. The number of ketones is 1. The number of aromatic nitrogens is 8. The van der Waals surface area contributed by atoms with Gasteiger partial charge in [-0.25, -0.2) is 54.3 Å². The fourth-order valence-corrected chi connectivity index (χ4v) is 5.61. The number of rotatable bonds is 15. The molecule has 0 spiro atoms. The van der Waals surface area contributed by atoms with Crippen LogP contribution in [0.3, 0.4) is 0 Å². The highest BCUT2D eigenvalue weighted by Gasteiger charge is 2.14. The van der Waals surface area contributed by atoms with Gasteiger partial charge < -0.3 is 55.7 Å². The van der Waals surface area contributed by atoms with Crippen molar-refractivity contribution in [2.75, 3.05) is 65.0 Å². The Labute approximate surface area is 416 Å². The Kier molecular flexibility index (Phi) is 26.2. The van der Waals surface area contributed by atoms with Gasteiger partial charge in [0.05, 0.1) is 53.8 Å². The van der Waals surface area contributed by atoms with Crippen molar-refractivity contribution in [2.45, 2.75) is 54.6 Å². The van der Waals surface area contributed by atoms with Gasteiger partial charge in [-0.05, 0) is 70.0 Å². The number of nitrogens with one attached hydrogen (secondary N) is 1. The number of nitrogens with zero attached hydrogens (tertiary/aromatic N) is 8. The average Bonchev–Trinajstić information content (AvgIpc) is 3.36. The Hall–Kier alpha value is -8.31. The minimum absolute atomic E-state index is 0.103. The zero-order valence-electron chi connectivity index (χ0n) is 41.1. The molecule has 0 aliphatic heterocycles. The van der Waals surface area contributed by atoms with Crippen LogP contribution in [-0.4, -0.2) is 112 Å². The molecule has 0 saturated carbocycles. The molecule has 0 atom stereocenters. The quantitative estimate of drug-likeness (QED) is 0.0405. The summed E-state index contributed by atoms with van der Waals surface area (Å²) in [5.74, 6) is 2.57. The largest absolute Gasteiger partial charge is 0.496 e. The molecule has 2 aromatic carbocycles. The molecular weight excluding hydrogens is 944 g/mol. The van der Waals surface area contributed by atoms with E-state index >= 15 is 0 Å². The molecule has 0 bridgehead atoms. The lowest BCUT2D eigenvalue weighted by Gasteiger charge is -2.15. The first kappa shape index (κ1) is 58.8. The summed E-state index contributed by atoms with van der Waals surface area (Å²) in [6.07, 6.45) is 5.03. The number of benzene rings is 2. The van der Waals surface area contributed by atoms with E-state index in [2.05, 4.69) is 45.2 Å². The lowest BCUT2D eigenvalue weighted by molar-refractivity contribution is 0.0510. The minimum Gasteiger partial charge on any atom is -0.496 e. The number of hydrogen-bond donors (Lipinski definition) is 4. The summed E-state index contributed by atoms with van der Waals surface area (Å²) >= 11 is 5.53. The highest BCUT2D eigenvalue weighted by molar-refractivity contribution is 6.29. The van der Waals surface area contributed by atoms with E-state index in [9.17, 15) is 19.2 Å². The predicted molar refractivity (Wildman–Crippen MR) is 264 cm³/mol. The molecule has 71 heavy (non-hydrogen) atoms. The molecule has 0 unspecified atom stereocenters. The van der Waals surface area contributed by atoms with Crippen LogP contribution in [0.2, 0.25) is 5.15 Å². The van der Waals surface area contributed by atoms with E-state index < -0.39 is 17.9 Å². The van der Waals surface area contributed by atoms with E-state index in [1.54, 1.807) is 55.3 Å². The van der Waals surface area contributed by atoms with Crippen LogP contribution in [0.15, 0.2) is 73.8 Å². The highest BCUT2D eigenvalue weighted by Crippen LogP contribution is 2.31. The van der Waals surface area contributed by atoms with E-state index in [1.807, 2.05) is 38.1 Å². The van der Waals surface area contributed by atoms with Crippen molar-refractivity contribution in [3.8, 4) is 23.0 Å². The standard InChI is InChI=1S/C17H21N3O4.C10H15NO2.C7H7ClN2O2.C7H9N3O2.C6H7N3O/c1-5-24-17(21)13-8-16(20-10-19-13)18-9-12-14(22-3)6-11(2)7-15(12)23-4;1-7-4-9(12-2)8(6-11)10(5-7)13-3;2*1-2-12-7(11)5-3-6(8)10-4-9-5;1-4(10)5-2-6(7)9-3-8-5/h6-8,10H,5,9H2,1-4H3,(H,18,19,20);4-5H,6,11H2,1-3H3;3-4H,2H2,1H3;3-4H,2H2,1H3,(H2,8,9,10);2-3H,1H3,(H2,7,8,9). The molecule has 24 heteroatoms. The summed E-state index contributed by atoms with van der Waals surface area (Å²) in [4.78, 5) is 74.5. The molecule has 23 nitrogen and oxygen atoms in total. The van der Waals surface area contributed by atoms with E-state index in [0.717, 1.165) is 45.3 Å². The van der Waals surface area contributed by atoms with Crippen molar-refractivity contribution in [2.24, 2.45) is 5.73 Å². The number of halogens is 1. The molecule has 6 rings (SSSR count). The SMILES string of the molecule is CC(=O)c1cc(N)ncn1.CCOC(=O)c1cc(Cl)ncn1.CCOC(=O)c1cc(N)ncn1.CCOC(=O)c1cc(NCc2c(OC)cc(C)cc2OC)ncn1.COc1cc(C)cc(OC)c1CN. The molecule has 0 radical (unpaired) electrons. The number of aryl methyl sites for hydroxylation is 2. The second-order valence-corrected chi connectivity index (χ2v) is 14.1. The van der Waals surface area contributed by atoms with Crippen LogP contribution >= 0.6 is 11.6 Å². The van der Waals surface area contributed by atoms with Crippen molar-refractivity contribution in [3.63, 3.8) is 0 Å². The summed E-state index contributed by atoms with van der Waals surface area (Å²) in [6.45, 7) is 12.4. The normalized spacial score (nSPS) is 9.75. The fraction of sp³-hybridized carbons (Fsp3) is 0.319. The van der Waals surface area contributed by atoms with Gasteiger partial charge >= 0.3 is 17.9 Å². The van der Waals surface area contributed by atoms with Gasteiger partial charge in [-0.15, -0.1) is 0 Å². The van der Waals surface area contributed by atoms with Gasteiger partial charge in [0.1, 0.15) is 76.6 Å². The molecule has 0 aliphatic rings. The van der Waals surface area contributed by atoms with Gasteiger partial charge in [-0.2, -0.15) is 0 Å². The van der Waals surface area contributed by atoms with E-state index in [4.69, 9.17) is 62.0 Å². The predicted octanol–water partition coefficient (Wildman–Crippen LogP) is 5.87. The van der Waals surface area contributed by atoms with Crippen LogP contribution in [-0.2, 0) is 27.3 Å². The maximum Gasteiger partial charge on any atom is 0.357 e. The molecule has 4 aromatic heterocycles. The van der Waals surface area contributed by atoms with E-state index in [0.29, 0.717) is 50.2 Å². The van der Waals surface area contributed by atoms with Crippen LogP contribution in [0.4, 0.5) is 17.5 Å². The monoisotopic (exact) mass is 1000 g/mol. The number of methoxy groups -OCH3 is 4. The van der Waals surface area contributed by atoms with Gasteiger partial charge in [-0.3, -0.25) is 4.79 Å². The smallest absolute Gasteiger partial charge is 0.357 e. The summed E-state index contributed by atoms with van der Waals surface area (Å²) in [5, 5.41) is 3.38. The first-order chi connectivity index (χ1) is 34.0. The van der Waals surface area contributed by atoms with Gasteiger partial charge in [0.2, 0.25) is 0 Å². The molecule has 4 heterocycles. The number of hydrogen-bond acceptors (Lipinski definition) is 23. The summed E-state index contributed by atoms with van der Waals surface area (Å²) in [5.41, 5.74) is 21.1. The highest BCUT2D eigenvalue weighted by atomic mass is 35.5. The Morgan fingerprint density at radius 2 is 0.887 bits per heavy atom. The first-order valence-electron chi connectivity index (χ1n) is 21.3. The van der Waals surface area contributed by atoms with Crippen LogP contribution in [0.5, 0.6) is 23.0 Å². The minimum atomic E-state index is -0.484. The maximum atomic E-state index is 11.7. The fourth-order valence-electron chi connectivity index (χ4n) is 5.46. The van der Waals surface area contributed by atoms with Crippen LogP contribution in [0.1, 0.15) is 91.9 Å². The van der Waals surface area contributed by atoms with Crippen molar-refractivity contribution >= 4 is 52.7 Å². The molecule has 7 N–H and O–H groups in total.